The van der Waals surface area contributed by atoms with Crippen LogP contribution in [0.15, 0.2) is 24.4 Å². The van der Waals surface area contributed by atoms with E-state index in [1.807, 2.05) is 15.9 Å². The number of aromatic nitrogens is 3. The van der Waals surface area contributed by atoms with E-state index in [1.165, 1.54) is 0 Å². The molecule has 0 aliphatic carbocycles. The van der Waals surface area contributed by atoms with Crippen molar-refractivity contribution in [1.82, 2.24) is 20.5 Å². The monoisotopic (exact) mass is 465 g/mol. The molecule has 8 nitrogen and oxygen atoms in total. The highest BCUT2D eigenvalue weighted by atomic mass is 35.5. The van der Waals surface area contributed by atoms with Crippen LogP contribution >= 0.6 is 11.6 Å². The van der Waals surface area contributed by atoms with Gasteiger partial charge in [0, 0.05) is 31.9 Å². The standard InChI is InChI=1S/C20H19ClF3N7O/c21-15-9-12(20(22,23)24)11-27-18(15)30-7-4-14(5-8-30)31(16-3-6-26-19(16)32)17-2-1-13(10-25)28-29-17/h1-2,9,11,14,16H,3-8H2,(H,26,32)/t16-/m0/s1. The van der Waals surface area contributed by atoms with Crippen LogP contribution in [-0.4, -0.2) is 52.8 Å². The number of hydrogen-bond donors (Lipinski definition) is 1. The smallest absolute Gasteiger partial charge is 0.355 e. The number of alkyl halides is 3. The number of carbonyl (C=O) groups excluding carboxylic acids is 1. The number of rotatable bonds is 4. The third-order valence-corrected chi connectivity index (χ3v) is 5.97. The van der Waals surface area contributed by atoms with Gasteiger partial charge in [-0.1, -0.05) is 11.6 Å². The van der Waals surface area contributed by atoms with Gasteiger partial charge >= 0.3 is 6.18 Å². The minimum atomic E-state index is -4.51. The molecule has 1 amide bonds. The molecular formula is C20H19ClF3N7O. The van der Waals surface area contributed by atoms with Gasteiger partial charge in [0.25, 0.3) is 0 Å². The Kier molecular flexibility index (Phi) is 6.06. The Labute approximate surface area is 187 Å². The molecule has 2 saturated heterocycles. The SMILES string of the molecule is N#Cc1ccc(N(C2CCN(c3ncc(C(F)(F)F)cc3Cl)CC2)[C@H]2CCNC2=O)nn1. The van der Waals surface area contributed by atoms with E-state index in [1.54, 1.807) is 12.1 Å². The van der Waals surface area contributed by atoms with Gasteiger partial charge in [0.05, 0.1) is 10.6 Å². The lowest BCUT2D eigenvalue weighted by Gasteiger charge is -2.41. The number of hydrogen-bond acceptors (Lipinski definition) is 7. The summed E-state index contributed by atoms with van der Waals surface area (Å²) in [6.45, 7) is 1.56. The maximum atomic E-state index is 12.9. The molecule has 2 aliphatic rings. The normalized spacial score (nSPS) is 19.5. The van der Waals surface area contributed by atoms with E-state index in [9.17, 15) is 18.0 Å². The van der Waals surface area contributed by atoms with Crippen LogP contribution in [0.1, 0.15) is 30.5 Å². The van der Waals surface area contributed by atoms with E-state index in [4.69, 9.17) is 16.9 Å². The second-order valence-corrected chi connectivity index (χ2v) is 8.04. The molecule has 0 aromatic carbocycles. The molecule has 2 aromatic rings. The van der Waals surface area contributed by atoms with Crippen molar-refractivity contribution in [1.29, 1.82) is 5.26 Å². The van der Waals surface area contributed by atoms with Crippen molar-refractivity contribution in [2.45, 2.75) is 37.5 Å². The average Bonchev–Trinajstić information content (AvgIpc) is 3.20. The van der Waals surface area contributed by atoms with Crippen molar-refractivity contribution >= 4 is 29.1 Å². The van der Waals surface area contributed by atoms with Crippen LogP contribution in [0.2, 0.25) is 5.02 Å². The third-order valence-electron chi connectivity index (χ3n) is 5.69. The summed E-state index contributed by atoms with van der Waals surface area (Å²) >= 11 is 6.10. The highest BCUT2D eigenvalue weighted by Crippen LogP contribution is 2.35. The first-order valence-electron chi connectivity index (χ1n) is 10.1. The van der Waals surface area contributed by atoms with Crippen molar-refractivity contribution in [3.8, 4) is 6.07 Å². The zero-order chi connectivity index (χ0) is 22.9. The maximum absolute atomic E-state index is 12.9. The Balaban J connectivity index is 1.52. The number of piperidine rings is 1. The summed E-state index contributed by atoms with van der Waals surface area (Å²) in [5.74, 6) is 0.725. The van der Waals surface area contributed by atoms with E-state index in [0.29, 0.717) is 50.5 Å². The third kappa shape index (κ3) is 4.41. The van der Waals surface area contributed by atoms with Gasteiger partial charge in [-0.05, 0) is 37.5 Å². The van der Waals surface area contributed by atoms with Gasteiger partial charge in [0.2, 0.25) is 5.91 Å². The molecule has 0 unspecified atom stereocenters. The number of nitriles is 1. The average molecular weight is 466 g/mol. The number of nitrogens with zero attached hydrogens (tertiary/aromatic N) is 6. The van der Waals surface area contributed by atoms with Gasteiger partial charge < -0.3 is 15.1 Å². The van der Waals surface area contributed by atoms with Crippen LogP contribution in [0.25, 0.3) is 0 Å². The van der Waals surface area contributed by atoms with Gasteiger partial charge in [0.15, 0.2) is 11.5 Å². The largest absolute Gasteiger partial charge is 0.417 e. The number of carbonyl (C=O) groups is 1. The Hall–Kier alpha value is -3.13. The van der Waals surface area contributed by atoms with E-state index < -0.39 is 17.8 Å². The number of pyridine rings is 1. The first-order valence-corrected chi connectivity index (χ1v) is 10.4. The zero-order valence-electron chi connectivity index (χ0n) is 16.8. The van der Waals surface area contributed by atoms with Gasteiger partial charge in [-0.2, -0.15) is 18.4 Å². The quantitative estimate of drug-likeness (QED) is 0.741. The van der Waals surface area contributed by atoms with E-state index >= 15 is 0 Å². The molecule has 168 valence electrons. The van der Waals surface area contributed by atoms with Crippen molar-refractivity contribution in [2.75, 3.05) is 29.4 Å². The molecule has 0 radical (unpaired) electrons. The topological polar surface area (TPSA) is 98.0 Å². The molecule has 12 heteroatoms. The fraction of sp³-hybridized carbons (Fsp3) is 0.450. The van der Waals surface area contributed by atoms with Gasteiger partial charge in [0.1, 0.15) is 17.9 Å². The molecular weight excluding hydrogens is 447 g/mol. The second-order valence-electron chi connectivity index (χ2n) is 7.64. The van der Waals surface area contributed by atoms with Crippen LogP contribution in [0.3, 0.4) is 0 Å². The van der Waals surface area contributed by atoms with E-state index in [-0.39, 0.29) is 22.7 Å². The minimum absolute atomic E-state index is 0.0458. The summed E-state index contributed by atoms with van der Waals surface area (Å²) in [5, 5.41) is 19.8. The Bertz CT molecular complexity index is 1030. The van der Waals surface area contributed by atoms with Crippen LogP contribution in [0.5, 0.6) is 0 Å². The summed E-state index contributed by atoms with van der Waals surface area (Å²) in [6.07, 6.45) is -1.87. The minimum Gasteiger partial charge on any atom is -0.355 e. The lowest BCUT2D eigenvalue weighted by atomic mass is 10.00. The summed E-state index contributed by atoms with van der Waals surface area (Å²) in [4.78, 5) is 20.1. The molecule has 0 bridgehead atoms. The molecule has 32 heavy (non-hydrogen) atoms. The summed E-state index contributed by atoms with van der Waals surface area (Å²) in [7, 11) is 0. The van der Waals surface area contributed by atoms with Crippen LogP contribution in [-0.2, 0) is 11.0 Å². The van der Waals surface area contributed by atoms with Crippen molar-refractivity contribution < 1.29 is 18.0 Å². The predicted octanol–water partition coefficient (Wildman–Crippen LogP) is 2.78. The van der Waals surface area contributed by atoms with Crippen molar-refractivity contribution in [2.24, 2.45) is 0 Å². The highest BCUT2D eigenvalue weighted by Gasteiger charge is 2.38. The first kappa shape index (κ1) is 22.1. The highest BCUT2D eigenvalue weighted by molar-refractivity contribution is 6.33. The number of halogens is 4. The summed E-state index contributed by atoms with van der Waals surface area (Å²) in [5.41, 5.74) is -0.707. The second kappa shape index (κ2) is 8.78. The first-order chi connectivity index (χ1) is 15.3. The molecule has 2 fully saturated rings. The summed E-state index contributed by atoms with van der Waals surface area (Å²) in [6, 6.07) is 5.60. The van der Waals surface area contributed by atoms with E-state index in [2.05, 4.69) is 20.5 Å². The Morgan fingerprint density at radius 1 is 1.22 bits per heavy atom. The van der Waals surface area contributed by atoms with Gasteiger partial charge in [-0.3, -0.25) is 4.79 Å². The Morgan fingerprint density at radius 2 is 1.97 bits per heavy atom. The lowest BCUT2D eigenvalue weighted by molar-refractivity contribution is -0.137. The molecule has 4 rings (SSSR count). The number of amides is 1. The zero-order valence-corrected chi connectivity index (χ0v) is 17.6. The molecule has 1 atom stereocenters. The molecule has 4 heterocycles. The predicted molar refractivity (Wildman–Crippen MR) is 110 cm³/mol. The molecule has 0 saturated carbocycles. The molecule has 1 N–H and O–H groups in total. The van der Waals surface area contributed by atoms with E-state index in [0.717, 1.165) is 12.3 Å². The fourth-order valence-electron chi connectivity index (χ4n) is 4.14. The molecule has 2 aromatic heterocycles. The maximum Gasteiger partial charge on any atom is 0.417 e. The lowest BCUT2D eigenvalue weighted by Crippen LogP contribution is -2.52. The van der Waals surface area contributed by atoms with Gasteiger partial charge in [-0.15, -0.1) is 10.2 Å². The van der Waals surface area contributed by atoms with Crippen LogP contribution in [0.4, 0.5) is 24.8 Å². The molecule has 0 spiro atoms. The van der Waals surface area contributed by atoms with Crippen molar-refractivity contribution in [3.63, 3.8) is 0 Å². The fourth-order valence-corrected chi connectivity index (χ4v) is 4.43. The van der Waals surface area contributed by atoms with Crippen LogP contribution < -0.4 is 15.1 Å². The summed E-state index contributed by atoms with van der Waals surface area (Å²) < 4.78 is 38.7. The Morgan fingerprint density at radius 3 is 2.50 bits per heavy atom. The number of nitrogens with one attached hydrogen (secondary N) is 1. The van der Waals surface area contributed by atoms with Crippen LogP contribution in [0, 0.1) is 11.3 Å². The van der Waals surface area contributed by atoms with Gasteiger partial charge in [-0.25, -0.2) is 4.98 Å². The molecule has 2 aliphatic heterocycles. The van der Waals surface area contributed by atoms with Crippen molar-refractivity contribution in [3.05, 3.63) is 40.7 Å². The number of anilines is 2.